The van der Waals surface area contributed by atoms with E-state index in [1.807, 2.05) is 6.20 Å². The molecule has 0 bridgehead atoms. The molecule has 0 atom stereocenters. The lowest BCUT2D eigenvalue weighted by molar-refractivity contribution is 0.125. The van der Waals surface area contributed by atoms with Crippen LogP contribution in [0.3, 0.4) is 0 Å². The van der Waals surface area contributed by atoms with Gasteiger partial charge in [-0.3, -0.25) is 0 Å². The Hall–Kier alpha value is -2.43. The summed E-state index contributed by atoms with van der Waals surface area (Å²) in [6, 6.07) is 4.77. The molecule has 3 aromatic rings. The van der Waals surface area contributed by atoms with Crippen LogP contribution < -0.4 is 4.90 Å². The molecule has 0 spiro atoms. The normalized spacial score (nSPS) is 21.6. The summed E-state index contributed by atoms with van der Waals surface area (Å²) in [5.41, 5.74) is 5.92. The highest BCUT2D eigenvalue weighted by atomic mass is 15.4. The molecular formula is C28H39N5. The largest absolute Gasteiger partial charge is 0.336 e. The highest BCUT2D eigenvalue weighted by Gasteiger charge is 2.57. The topological polar surface area (TPSA) is 46.8 Å². The molecule has 3 heterocycles. The van der Waals surface area contributed by atoms with E-state index in [4.69, 9.17) is 15.0 Å². The van der Waals surface area contributed by atoms with Crippen LogP contribution in [0.2, 0.25) is 0 Å². The smallest absolute Gasteiger partial charge is 0.148 e. The van der Waals surface area contributed by atoms with Crippen molar-refractivity contribution in [3.8, 4) is 11.4 Å². The molecule has 1 aliphatic carbocycles. The molecule has 0 N–H and O–H groups in total. The first-order valence-corrected chi connectivity index (χ1v) is 12.1. The molecule has 2 aromatic heterocycles. The average Bonchev–Trinajstić information content (AvgIpc) is 3.13. The second-order valence-corrected chi connectivity index (χ2v) is 13.3. The molecule has 1 aromatic carbocycles. The van der Waals surface area contributed by atoms with Crippen LogP contribution in [0.5, 0.6) is 0 Å². The van der Waals surface area contributed by atoms with Crippen LogP contribution in [0.1, 0.15) is 93.1 Å². The van der Waals surface area contributed by atoms with E-state index >= 15 is 0 Å². The number of hydrogen-bond acceptors (Lipinski definition) is 4. The van der Waals surface area contributed by atoms with Crippen molar-refractivity contribution in [1.29, 1.82) is 0 Å². The zero-order valence-electron chi connectivity index (χ0n) is 22.5. The van der Waals surface area contributed by atoms with Crippen LogP contribution in [-0.2, 0) is 21.9 Å². The van der Waals surface area contributed by atoms with E-state index in [1.165, 1.54) is 16.6 Å². The number of hydrogen-bond donors (Lipinski definition) is 0. The average molecular weight is 446 g/mol. The number of benzene rings is 1. The predicted molar refractivity (Wildman–Crippen MR) is 137 cm³/mol. The summed E-state index contributed by atoms with van der Waals surface area (Å²) in [7, 11) is 2.14. The molecule has 0 saturated carbocycles. The van der Waals surface area contributed by atoms with Crippen molar-refractivity contribution in [3.05, 3.63) is 35.3 Å². The van der Waals surface area contributed by atoms with E-state index in [0.29, 0.717) is 0 Å². The van der Waals surface area contributed by atoms with Crippen molar-refractivity contribution in [2.75, 3.05) is 11.9 Å². The number of aromatic nitrogens is 4. The monoisotopic (exact) mass is 445 g/mol. The first-order valence-electron chi connectivity index (χ1n) is 12.1. The van der Waals surface area contributed by atoms with Crippen LogP contribution in [0.25, 0.3) is 22.4 Å². The quantitative estimate of drug-likeness (QED) is 0.395. The van der Waals surface area contributed by atoms with Gasteiger partial charge in [-0.1, -0.05) is 62.3 Å². The third kappa shape index (κ3) is 2.51. The summed E-state index contributed by atoms with van der Waals surface area (Å²) in [4.78, 5) is 17.3. The van der Waals surface area contributed by atoms with E-state index in [2.05, 4.69) is 105 Å². The van der Waals surface area contributed by atoms with Crippen molar-refractivity contribution in [1.82, 2.24) is 19.5 Å². The lowest BCUT2D eigenvalue weighted by Gasteiger charge is -2.44. The standard InChI is InChI=1S/C28H39N5/c1-24(2,3)23-29-15-16-21(31-23)32(12)28(10,11)33-20-14-18-17(13-19(20)30-22(16)33)25(4,5)27(8,9)26(18,6)7/h13-15H,1-12H3. The first-order chi connectivity index (χ1) is 14.9. The summed E-state index contributed by atoms with van der Waals surface area (Å²) in [5, 5.41) is 0. The van der Waals surface area contributed by atoms with E-state index in [0.717, 1.165) is 28.5 Å². The van der Waals surface area contributed by atoms with E-state index in [-0.39, 0.29) is 27.3 Å². The minimum absolute atomic E-state index is 0.0536. The van der Waals surface area contributed by atoms with Crippen molar-refractivity contribution in [3.63, 3.8) is 0 Å². The van der Waals surface area contributed by atoms with Crippen molar-refractivity contribution in [2.24, 2.45) is 5.41 Å². The fourth-order valence-corrected chi connectivity index (χ4v) is 5.90. The van der Waals surface area contributed by atoms with Gasteiger partial charge in [0, 0.05) is 18.7 Å². The molecule has 0 saturated heterocycles. The molecule has 0 fully saturated rings. The van der Waals surface area contributed by atoms with Crippen LogP contribution in [0.15, 0.2) is 18.3 Å². The molecule has 5 heteroatoms. The van der Waals surface area contributed by atoms with Gasteiger partial charge in [0.15, 0.2) is 0 Å². The summed E-state index contributed by atoms with van der Waals surface area (Å²) in [6.07, 6.45) is 1.97. The zero-order chi connectivity index (χ0) is 24.5. The van der Waals surface area contributed by atoms with Gasteiger partial charge >= 0.3 is 0 Å². The second kappa shape index (κ2) is 5.97. The lowest BCUT2D eigenvalue weighted by Crippen LogP contribution is -2.47. The lowest BCUT2D eigenvalue weighted by atomic mass is 9.59. The van der Waals surface area contributed by atoms with Gasteiger partial charge in [0.1, 0.15) is 23.1 Å². The van der Waals surface area contributed by atoms with Gasteiger partial charge in [0.25, 0.3) is 0 Å². The maximum Gasteiger partial charge on any atom is 0.148 e. The molecule has 0 radical (unpaired) electrons. The highest BCUT2D eigenvalue weighted by molar-refractivity contribution is 5.88. The molecule has 5 nitrogen and oxygen atoms in total. The van der Waals surface area contributed by atoms with Gasteiger partial charge in [0.2, 0.25) is 0 Å². The minimum Gasteiger partial charge on any atom is -0.336 e. The number of fused-ring (bicyclic) bond motifs is 6. The van der Waals surface area contributed by atoms with Gasteiger partial charge in [-0.05, 0) is 53.4 Å². The number of imidazole rings is 1. The number of anilines is 1. The second-order valence-electron chi connectivity index (χ2n) is 13.3. The van der Waals surface area contributed by atoms with Gasteiger partial charge in [-0.25, -0.2) is 15.0 Å². The molecule has 1 aliphatic heterocycles. The van der Waals surface area contributed by atoms with Gasteiger partial charge < -0.3 is 9.47 Å². The summed E-state index contributed by atoms with van der Waals surface area (Å²) < 4.78 is 2.39. The summed E-state index contributed by atoms with van der Waals surface area (Å²) in [5.74, 6) is 2.78. The maximum absolute atomic E-state index is 5.21. The highest BCUT2D eigenvalue weighted by Crippen LogP contribution is 2.62. The van der Waals surface area contributed by atoms with Crippen LogP contribution in [0, 0.1) is 5.41 Å². The predicted octanol–water partition coefficient (Wildman–Crippen LogP) is 6.53. The van der Waals surface area contributed by atoms with Gasteiger partial charge in [-0.2, -0.15) is 0 Å². The Morgan fingerprint density at radius 2 is 1.39 bits per heavy atom. The molecule has 2 aliphatic rings. The van der Waals surface area contributed by atoms with Gasteiger partial charge in [0.05, 0.1) is 16.6 Å². The summed E-state index contributed by atoms with van der Waals surface area (Å²) in [6.45, 7) is 25.4. The molecule has 0 unspecified atom stereocenters. The first kappa shape index (κ1) is 22.4. The SMILES string of the molecule is CN1c2nc(C(C)(C)C)ncc2-c2nc3cc4c(cc3n2C1(C)C)C(C)(C)C(C)(C)C4(C)C. The maximum atomic E-state index is 5.21. The van der Waals surface area contributed by atoms with Crippen LogP contribution in [0.4, 0.5) is 5.82 Å². The van der Waals surface area contributed by atoms with Crippen molar-refractivity contribution >= 4 is 16.9 Å². The minimum atomic E-state index is -0.317. The van der Waals surface area contributed by atoms with Crippen molar-refractivity contribution in [2.45, 2.75) is 98.1 Å². The Morgan fingerprint density at radius 3 is 1.97 bits per heavy atom. The molecule has 0 amide bonds. The Kier molecular flexibility index (Phi) is 4.05. The third-order valence-corrected chi connectivity index (χ3v) is 9.63. The van der Waals surface area contributed by atoms with Crippen molar-refractivity contribution < 1.29 is 0 Å². The fourth-order valence-electron chi connectivity index (χ4n) is 5.90. The fraction of sp³-hybridized carbons (Fsp3) is 0.607. The van der Waals surface area contributed by atoms with E-state index in [1.54, 1.807) is 0 Å². The Labute approximate surface area is 198 Å². The zero-order valence-corrected chi connectivity index (χ0v) is 22.5. The molecular weight excluding hydrogens is 406 g/mol. The van der Waals surface area contributed by atoms with E-state index < -0.39 is 0 Å². The summed E-state index contributed by atoms with van der Waals surface area (Å²) >= 11 is 0. The Balaban J connectivity index is 1.84. The Bertz CT molecular complexity index is 1310. The van der Waals surface area contributed by atoms with E-state index in [9.17, 15) is 0 Å². The third-order valence-electron chi connectivity index (χ3n) is 9.63. The number of nitrogens with zero attached hydrogens (tertiary/aromatic N) is 5. The molecule has 176 valence electrons. The molecule has 33 heavy (non-hydrogen) atoms. The Morgan fingerprint density at radius 1 is 0.818 bits per heavy atom. The molecule has 5 rings (SSSR count). The van der Waals surface area contributed by atoms with Crippen LogP contribution >= 0.6 is 0 Å². The van der Waals surface area contributed by atoms with Gasteiger partial charge in [-0.15, -0.1) is 0 Å². The van der Waals surface area contributed by atoms with Crippen LogP contribution in [-0.4, -0.2) is 26.6 Å². The number of rotatable bonds is 0.